The van der Waals surface area contributed by atoms with Gasteiger partial charge >= 0.3 is 5.97 Å². The second kappa shape index (κ2) is 11.5. The van der Waals surface area contributed by atoms with Gasteiger partial charge in [0.15, 0.2) is 6.10 Å². The fraction of sp³-hybridized carbons (Fsp3) is 0.480. The summed E-state index contributed by atoms with van der Waals surface area (Å²) in [5.74, 6) is -0.184. The predicted octanol–water partition coefficient (Wildman–Crippen LogP) is 2.19. The molecule has 0 radical (unpaired) electrons. The summed E-state index contributed by atoms with van der Waals surface area (Å²) in [7, 11) is -7.62. The van der Waals surface area contributed by atoms with Crippen LogP contribution < -0.4 is 10.3 Å². The molecule has 3 rings (SSSR count). The molecule has 0 spiro atoms. The highest BCUT2D eigenvalue weighted by molar-refractivity contribution is 7.86. The summed E-state index contributed by atoms with van der Waals surface area (Å²) in [6.45, 7) is 4.46. The van der Waals surface area contributed by atoms with Crippen LogP contribution in [0, 0.1) is 11.3 Å². The number of pyridine rings is 1. The van der Waals surface area contributed by atoms with E-state index in [0.29, 0.717) is 16.9 Å². The third-order valence-electron chi connectivity index (χ3n) is 5.94. The molecule has 2 aromatic rings. The first-order chi connectivity index (χ1) is 18.0. The quantitative estimate of drug-likeness (QED) is 0.229. The van der Waals surface area contributed by atoms with E-state index in [1.54, 1.807) is 32.0 Å². The fourth-order valence-corrected chi connectivity index (χ4v) is 5.45. The van der Waals surface area contributed by atoms with Crippen LogP contribution in [-0.4, -0.2) is 58.2 Å². The Hall–Kier alpha value is -3.25. The molecule has 1 unspecified atom stereocenters. The smallest absolute Gasteiger partial charge is 0.303 e. The summed E-state index contributed by atoms with van der Waals surface area (Å²) in [5, 5.41) is 9.44. The Morgan fingerprint density at radius 1 is 1.15 bits per heavy atom. The number of ether oxygens (including phenoxy) is 2. The number of nitrogens with zero attached hydrogens (tertiary/aromatic N) is 2. The number of carbonyl (C=O) groups excluding carboxylic acids is 1. The van der Waals surface area contributed by atoms with Crippen molar-refractivity contribution in [2.75, 3.05) is 19.1 Å². The van der Waals surface area contributed by atoms with Crippen molar-refractivity contribution in [1.82, 2.24) is 4.57 Å². The molecule has 2 heterocycles. The van der Waals surface area contributed by atoms with Gasteiger partial charge in [0, 0.05) is 24.8 Å². The van der Waals surface area contributed by atoms with Gasteiger partial charge < -0.3 is 14.0 Å². The van der Waals surface area contributed by atoms with Gasteiger partial charge in [0.25, 0.3) is 25.8 Å². The van der Waals surface area contributed by atoms with Crippen LogP contribution in [0.1, 0.15) is 62.4 Å². The average molecular weight is 583 g/mol. The van der Waals surface area contributed by atoms with Crippen LogP contribution in [0.15, 0.2) is 41.3 Å². The Balaban J connectivity index is 2.06. The molecule has 0 bridgehead atoms. The Labute approximate surface area is 227 Å². The van der Waals surface area contributed by atoms with E-state index < -0.39 is 55.6 Å². The van der Waals surface area contributed by atoms with Gasteiger partial charge in [-0.15, -0.1) is 0 Å². The first kappa shape index (κ1) is 30.3. The third kappa shape index (κ3) is 7.89. The Bertz CT molecular complexity index is 1560. The van der Waals surface area contributed by atoms with Gasteiger partial charge in [-0.3, -0.25) is 18.0 Å². The highest BCUT2D eigenvalue weighted by atomic mass is 32.2. The molecule has 0 fully saturated rings. The molecule has 1 aromatic heterocycles. The zero-order valence-electron chi connectivity index (χ0n) is 22.1. The van der Waals surface area contributed by atoms with Crippen LogP contribution in [0.25, 0.3) is 0 Å². The molecule has 1 aliphatic heterocycles. The lowest BCUT2D eigenvalue weighted by molar-refractivity contribution is -0.163. The van der Waals surface area contributed by atoms with Crippen molar-refractivity contribution >= 4 is 26.2 Å². The van der Waals surface area contributed by atoms with Gasteiger partial charge in [-0.05, 0) is 56.5 Å². The molecule has 0 saturated carbocycles. The summed E-state index contributed by atoms with van der Waals surface area (Å²) in [4.78, 5) is 25.5. The largest absolute Gasteiger partial charge is 0.484 e. The zero-order valence-corrected chi connectivity index (χ0v) is 23.7. The lowest BCUT2D eigenvalue weighted by atomic mass is 9.85. The molecule has 0 aliphatic carbocycles. The predicted molar refractivity (Wildman–Crippen MR) is 139 cm³/mol. The van der Waals surface area contributed by atoms with Crippen LogP contribution in [0.5, 0.6) is 5.75 Å². The maximum Gasteiger partial charge on any atom is 0.303 e. The third-order valence-corrected chi connectivity index (χ3v) is 7.11. The topological polar surface area (TPSA) is 168 Å². The normalized spacial score (nSPS) is 19.3. The molecular formula is C25H30N2O10S2. The highest BCUT2D eigenvalue weighted by Gasteiger charge is 2.47. The van der Waals surface area contributed by atoms with Gasteiger partial charge in [0.05, 0.1) is 30.8 Å². The van der Waals surface area contributed by atoms with Crippen LogP contribution in [-0.2, 0) is 38.1 Å². The number of hydrogen-bond donors (Lipinski definition) is 0. The maximum absolute atomic E-state index is 13.5. The molecule has 0 amide bonds. The zero-order chi connectivity index (χ0) is 29.2. The van der Waals surface area contributed by atoms with Crippen LogP contribution >= 0.6 is 0 Å². The first-order valence-corrected chi connectivity index (χ1v) is 15.5. The van der Waals surface area contributed by atoms with Crippen LogP contribution in [0.2, 0.25) is 0 Å². The number of benzene rings is 1. The summed E-state index contributed by atoms with van der Waals surface area (Å²) in [6.07, 6.45) is 1.31. The lowest BCUT2D eigenvalue weighted by Crippen LogP contribution is -2.54. The monoisotopic (exact) mass is 582 g/mol. The average Bonchev–Trinajstić information content (AvgIpc) is 2.80. The molecule has 212 valence electrons. The summed E-state index contributed by atoms with van der Waals surface area (Å²) >= 11 is 0. The van der Waals surface area contributed by atoms with Gasteiger partial charge in [-0.1, -0.05) is 0 Å². The summed E-state index contributed by atoms with van der Waals surface area (Å²) in [5.41, 5.74) is -0.614. The van der Waals surface area contributed by atoms with Gasteiger partial charge in [-0.2, -0.15) is 22.1 Å². The number of nitriles is 1. The molecular weight excluding hydrogens is 552 g/mol. The van der Waals surface area contributed by atoms with Crippen molar-refractivity contribution in [3.05, 3.63) is 63.6 Å². The Kier molecular flexibility index (Phi) is 8.91. The van der Waals surface area contributed by atoms with Crippen molar-refractivity contribution in [1.29, 1.82) is 5.26 Å². The SMILES string of the molecule is CC(=O)O[C@H]1[C@H](n2ccc(C(CCCOS(C)(=O)=O)OS(C)(=O)=O)cc2=O)c2cc(C#N)ccc2OC1(C)C. The van der Waals surface area contributed by atoms with E-state index >= 15 is 0 Å². The Morgan fingerprint density at radius 2 is 1.85 bits per heavy atom. The molecule has 12 nitrogen and oxygen atoms in total. The molecule has 39 heavy (non-hydrogen) atoms. The number of rotatable bonds is 10. The van der Waals surface area contributed by atoms with Crippen molar-refractivity contribution in [2.45, 2.75) is 57.5 Å². The first-order valence-electron chi connectivity index (χ1n) is 11.9. The van der Waals surface area contributed by atoms with Crippen LogP contribution in [0.4, 0.5) is 0 Å². The van der Waals surface area contributed by atoms with E-state index in [9.17, 15) is 31.7 Å². The molecule has 3 atom stereocenters. The van der Waals surface area contributed by atoms with Gasteiger partial charge in [0.1, 0.15) is 23.5 Å². The standard InChI is InChI=1S/C25H30N2O10S2/c1-16(28)35-24-23(19-13-17(15-26)8-9-21(19)36-25(24,2)3)27-11-10-18(14-22(27)29)20(37-39(5,32)33)7-6-12-34-38(4,30)31/h8-11,13-14,20,23-24H,6-7,12H2,1-5H3/t20?,23-,24+/m1/s1. The molecule has 1 aromatic carbocycles. The van der Waals surface area contributed by atoms with Crippen LogP contribution in [0.3, 0.4) is 0 Å². The van der Waals surface area contributed by atoms with E-state index in [0.717, 1.165) is 12.5 Å². The van der Waals surface area contributed by atoms with E-state index in [-0.39, 0.29) is 25.0 Å². The fourth-order valence-electron chi connectivity index (χ4n) is 4.40. The molecule has 1 aliphatic rings. The molecule has 14 heteroatoms. The minimum absolute atomic E-state index is 0.0424. The molecule has 0 N–H and O–H groups in total. The van der Waals surface area contributed by atoms with Gasteiger partial charge in [-0.25, -0.2) is 0 Å². The van der Waals surface area contributed by atoms with Crippen molar-refractivity contribution in [3.8, 4) is 11.8 Å². The number of hydrogen-bond acceptors (Lipinski definition) is 11. The molecule has 0 saturated heterocycles. The summed E-state index contributed by atoms with van der Waals surface area (Å²) < 4.78 is 69.2. The van der Waals surface area contributed by atoms with Crippen molar-refractivity contribution in [2.24, 2.45) is 0 Å². The number of esters is 1. The van der Waals surface area contributed by atoms with Crippen molar-refractivity contribution < 1.29 is 39.5 Å². The van der Waals surface area contributed by atoms with E-state index in [1.807, 2.05) is 6.07 Å². The lowest BCUT2D eigenvalue weighted by Gasteiger charge is -2.44. The number of fused-ring (bicyclic) bond motifs is 1. The van der Waals surface area contributed by atoms with Gasteiger partial charge in [0.2, 0.25) is 0 Å². The highest BCUT2D eigenvalue weighted by Crippen LogP contribution is 2.43. The second-order valence-corrected chi connectivity index (χ2v) is 13.0. The van der Waals surface area contributed by atoms with E-state index in [1.165, 1.54) is 29.8 Å². The van der Waals surface area contributed by atoms with E-state index in [2.05, 4.69) is 0 Å². The van der Waals surface area contributed by atoms with Crippen molar-refractivity contribution in [3.63, 3.8) is 0 Å². The summed E-state index contributed by atoms with van der Waals surface area (Å²) in [6, 6.07) is 8.62. The Morgan fingerprint density at radius 3 is 2.41 bits per heavy atom. The second-order valence-electron chi connectivity index (χ2n) is 9.71. The number of aromatic nitrogens is 1. The minimum Gasteiger partial charge on any atom is -0.484 e. The van der Waals surface area contributed by atoms with E-state index in [4.69, 9.17) is 17.8 Å². The minimum atomic E-state index is -3.94. The number of carbonyl (C=O) groups is 1. The maximum atomic E-state index is 13.5.